The van der Waals surface area contributed by atoms with E-state index in [1.807, 2.05) is 6.92 Å². The molecule has 1 heterocycles. The topological polar surface area (TPSA) is 108 Å². The van der Waals surface area contributed by atoms with E-state index in [1.54, 1.807) is 6.92 Å². The number of hydrogen-bond acceptors (Lipinski definition) is 6. The highest BCUT2D eigenvalue weighted by molar-refractivity contribution is 5.75. The molecule has 7 heteroatoms. The van der Waals surface area contributed by atoms with Crippen molar-refractivity contribution in [3.63, 3.8) is 0 Å². The van der Waals surface area contributed by atoms with Crippen molar-refractivity contribution in [2.24, 2.45) is 0 Å². The maximum atomic E-state index is 11.3. The fourth-order valence-electron chi connectivity index (χ4n) is 2.73. The van der Waals surface area contributed by atoms with E-state index < -0.39 is 30.7 Å². The number of unbranched alkanes of at least 4 members (excludes halogenated alkanes) is 5. The van der Waals surface area contributed by atoms with E-state index in [4.69, 9.17) is 9.47 Å². The van der Waals surface area contributed by atoms with Gasteiger partial charge in [-0.1, -0.05) is 25.7 Å². The van der Waals surface area contributed by atoms with Crippen LogP contribution in [-0.4, -0.2) is 65.1 Å². The average Bonchev–Trinajstić information content (AvgIpc) is 2.56. The maximum absolute atomic E-state index is 11.3. The van der Waals surface area contributed by atoms with Crippen molar-refractivity contribution in [3.05, 3.63) is 0 Å². The first-order chi connectivity index (χ1) is 11.5. The van der Waals surface area contributed by atoms with Crippen LogP contribution in [0.5, 0.6) is 0 Å². The minimum atomic E-state index is -1.25. The van der Waals surface area contributed by atoms with Gasteiger partial charge in [-0.3, -0.25) is 4.79 Å². The first kappa shape index (κ1) is 21.3. The Bertz CT molecular complexity index is 354. The predicted molar refractivity (Wildman–Crippen MR) is 89.3 cm³/mol. The summed E-state index contributed by atoms with van der Waals surface area (Å²) in [6, 6.07) is 0. The molecule has 0 radical (unpaired) electrons. The van der Waals surface area contributed by atoms with E-state index >= 15 is 0 Å². The zero-order chi connectivity index (χ0) is 17.9. The molecule has 0 unspecified atom stereocenters. The molecular weight excluding hydrogens is 314 g/mol. The van der Waals surface area contributed by atoms with Crippen LogP contribution in [0.15, 0.2) is 0 Å². The molecule has 5 atom stereocenters. The highest BCUT2D eigenvalue weighted by Crippen LogP contribution is 2.22. The van der Waals surface area contributed by atoms with Crippen LogP contribution in [0.2, 0.25) is 0 Å². The lowest BCUT2D eigenvalue weighted by Gasteiger charge is -2.38. The second kappa shape index (κ2) is 11.8. The quantitative estimate of drug-likeness (QED) is 0.410. The van der Waals surface area contributed by atoms with Gasteiger partial charge < -0.3 is 30.1 Å². The number of aliphatic hydroxyl groups is 3. The van der Waals surface area contributed by atoms with E-state index in [1.165, 1.54) is 0 Å². The zero-order valence-electron chi connectivity index (χ0n) is 14.8. The summed E-state index contributed by atoms with van der Waals surface area (Å²) < 4.78 is 10.8. The van der Waals surface area contributed by atoms with Gasteiger partial charge in [0.25, 0.3) is 0 Å². The van der Waals surface area contributed by atoms with Gasteiger partial charge in [-0.15, -0.1) is 0 Å². The van der Waals surface area contributed by atoms with Crippen LogP contribution in [0.1, 0.15) is 58.8 Å². The fourth-order valence-corrected chi connectivity index (χ4v) is 2.73. The van der Waals surface area contributed by atoms with Gasteiger partial charge in [-0.25, -0.2) is 0 Å². The first-order valence-electron chi connectivity index (χ1n) is 9.05. The lowest BCUT2D eigenvalue weighted by Crippen LogP contribution is -2.57. The minimum absolute atomic E-state index is 0.124. The molecule has 0 saturated carbocycles. The fraction of sp³-hybridized carbons (Fsp3) is 0.941. The maximum Gasteiger partial charge on any atom is 0.219 e. The Morgan fingerprint density at radius 2 is 1.62 bits per heavy atom. The third-order valence-corrected chi connectivity index (χ3v) is 4.26. The summed E-state index contributed by atoms with van der Waals surface area (Å²) in [5, 5.41) is 31.9. The second-order valence-corrected chi connectivity index (χ2v) is 6.38. The van der Waals surface area contributed by atoms with E-state index in [9.17, 15) is 20.1 Å². The van der Waals surface area contributed by atoms with Gasteiger partial charge in [0.2, 0.25) is 5.91 Å². The lowest BCUT2D eigenvalue weighted by atomic mass is 10.00. The molecule has 1 aliphatic heterocycles. The van der Waals surface area contributed by atoms with E-state index in [0.717, 1.165) is 38.5 Å². The highest BCUT2D eigenvalue weighted by Gasteiger charge is 2.42. The average molecular weight is 347 g/mol. The third-order valence-electron chi connectivity index (χ3n) is 4.26. The Labute approximate surface area is 144 Å². The number of carbonyl (C=O) groups excluding carboxylic acids is 1. The lowest BCUT2D eigenvalue weighted by molar-refractivity contribution is -0.293. The third kappa shape index (κ3) is 7.44. The number of nitrogens with one attached hydrogen (secondary N) is 1. The van der Waals surface area contributed by atoms with Gasteiger partial charge in [0, 0.05) is 19.6 Å². The standard InChI is InChI=1S/C17H33NO6/c1-3-18-13(19)10-8-6-4-5-7-9-11-23-17-16(22)15(21)14(20)12(2)24-17/h12,14-17,20-22H,3-11H2,1-2H3,(H,18,19)/t12-,14+,15+,16-,17+/m0/s1. The number of aliphatic hydroxyl groups excluding tert-OH is 3. The molecule has 1 fully saturated rings. The summed E-state index contributed by atoms with van der Waals surface area (Å²) in [7, 11) is 0. The Balaban J connectivity index is 1.99. The van der Waals surface area contributed by atoms with Crippen LogP contribution >= 0.6 is 0 Å². The normalized spacial score (nSPS) is 30.3. The summed E-state index contributed by atoms with van der Waals surface area (Å²) >= 11 is 0. The van der Waals surface area contributed by atoms with Gasteiger partial charge in [0.05, 0.1) is 6.10 Å². The molecule has 1 amide bonds. The monoisotopic (exact) mass is 347 g/mol. The van der Waals surface area contributed by atoms with Gasteiger partial charge in [0.15, 0.2) is 6.29 Å². The molecule has 1 rings (SSSR count). The van der Waals surface area contributed by atoms with Crippen molar-refractivity contribution >= 4 is 5.91 Å². The molecular formula is C17H33NO6. The summed E-state index contributed by atoms with van der Waals surface area (Å²) in [6.45, 7) is 4.68. The van der Waals surface area contributed by atoms with Crippen molar-refractivity contribution in [3.8, 4) is 0 Å². The molecule has 0 aliphatic carbocycles. The van der Waals surface area contributed by atoms with Crippen molar-refractivity contribution in [2.45, 2.75) is 89.5 Å². The molecule has 0 aromatic rings. The van der Waals surface area contributed by atoms with Crippen molar-refractivity contribution in [2.75, 3.05) is 13.2 Å². The predicted octanol–water partition coefficient (Wildman–Crippen LogP) is 0.697. The second-order valence-electron chi connectivity index (χ2n) is 6.38. The summed E-state index contributed by atoms with van der Waals surface area (Å²) in [6.07, 6.45) is 1.53. The Hall–Kier alpha value is -0.730. The molecule has 4 N–H and O–H groups in total. The number of carbonyl (C=O) groups is 1. The Morgan fingerprint density at radius 1 is 1.00 bits per heavy atom. The number of rotatable bonds is 11. The van der Waals surface area contributed by atoms with E-state index in [0.29, 0.717) is 19.6 Å². The molecule has 1 saturated heterocycles. The summed E-state index contributed by atoms with van der Waals surface area (Å²) in [5.74, 6) is 0.124. The molecule has 142 valence electrons. The molecule has 0 spiro atoms. The Kier molecular flexibility index (Phi) is 10.4. The SMILES string of the molecule is CCNC(=O)CCCCCCCCO[C@@H]1O[C@@H](C)[C@@H](O)[C@@H](O)[C@@H]1O. The summed E-state index contributed by atoms with van der Waals surface area (Å²) in [4.78, 5) is 11.3. The van der Waals surface area contributed by atoms with E-state index in [-0.39, 0.29) is 5.91 Å². The Morgan fingerprint density at radius 3 is 2.29 bits per heavy atom. The number of hydrogen-bond donors (Lipinski definition) is 4. The molecule has 7 nitrogen and oxygen atoms in total. The van der Waals surface area contributed by atoms with Gasteiger partial charge in [0.1, 0.15) is 18.3 Å². The van der Waals surface area contributed by atoms with Crippen LogP contribution in [0.25, 0.3) is 0 Å². The molecule has 24 heavy (non-hydrogen) atoms. The van der Waals surface area contributed by atoms with Gasteiger partial charge in [-0.05, 0) is 26.7 Å². The van der Waals surface area contributed by atoms with Gasteiger partial charge >= 0.3 is 0 Å². The van der Waals surface area contributed by atoms with Gasteiger partial charge in [-0.2, -0.15) is 0 Å². The first-order valence-corrected chi connectivity index (χ1v) is 9.05. The van der Waals surface area contributed by atoms with Crippen LogP contribution in [0, 0.1) is 0 Å². The number of amides is 1. The smallest absolute Gasteiger partial charge is 0.219 e. The molecule has 0 bridgehead atoms. The molecule has 1 aliphatic rings. The van der Waals surface area contributed by atoms with Crippen molar-refractivity contribution in [1.29, 1.82) is 0 Å². The number of ether oxygens (including phenoxy) is 2. The van der Waals surface area contributed by atoms with Crippen molar-refractivity contribution in [1.82, 2.24) is 5.32 Å². The van der Waals surface area contributed by atoms with Crippen LogP contribution in [0.3, 0.4) is 0 Å². The van der Waals surface area contributed by atoms with Crippen LogP contribution in [0.4, 0.5) is 0 Å². The van der Waals surface area contributed by atoms with E-state index in [2.05, 4.69) is 5.32 Å². The molecule has 0 aromatic heterocycles. The largest absolute Gasteiger partial charge is 0.388 e. The molecule has 0 aromatic carbocycles. The minimum Gasteiger partial charge on any atom is -0.388 e. The highest BCUT2D eigenvalue weighted by atomic mass is 16.7. The zero-order valence-corrected chi connectivity index (χ0v) is 14.8. The van der Waals surface area contributed by atoms with Crippen LogP contribution in [-0.2, 0) is 14.3 Å². The van der Waals surface area contributed by atoms with Crippen molar-refractivity contribution < 1.29 is 29.6 Å². The summed E-state index contributed by atoms with van der Waals surface area (Å²) in [5.41, 5.74) is 0. The van der Waals surface area contributed by atoms with Crippen LogP contribution < -0.4 is 5.32 Å².